The summed E-state index contributed by atoms with van der Waals surface area (Å²) in [5, 5.41) is 16.8. The Bertz CT molecular complexity index is 1400. The molecule has 0 radical (unpaired) electrons. The first-order valence-corrected chi connectivity index (χ1v) is 11.6. The molecule has 0 saturated heterocycles. The fourth-order valence-electron chi connectivity index (χ4n) is 3.94. The van der Waals surface area contributed by atoms with Crippen LogP contribution in [0.25, 0.3) is 5.69 Å². The van der Waals surface area contributed by atoms with Crippen LogP contribution in [-0.2, 0) is 27.3 Å². The zero-order valence-corrected chi connectivity index (χ0v) is 20.3. The topological polar surface area (TPSA) is 102 Å². The first-order chi connectivity index (χ1) is 17.5. The Morgan fingerprint density at radius 2 is 1.72 bits per heavy atom. The normalized spacial score (nSPS) is 10.6. The lowest BCUT2D eigenvalue weighted by Crippen LogP contribution is -2.23. The minimum Gasteiger partial charge on any atom is -0.456 e. The van der Waals surface area contributed by atoms with Crippen LogP contribution in [0.15, 0.2) is 73.1 Å². The molecule has 0 aliphatic carbocycles. The molecule has 0 aliphatic rings. The summed E-state index contributed by atoms with van der Waals surface area (Å²) >= 11 is 0. The molecule has 2 heterocycles. The van der Waals surface area contributed by atoms with Gasteiger partial charge in [-0.3, -0.25) is 9.59 Å². The average Bonchev–Trinajstić information content (AvgIpc) is 3.46. The number of amides is 1. The molecule has 8 heteroatoms. The Morgan fingerprint density at radius 3 is 2.42 bits per heavy atom. The van der Waals surface area contributed by atoms with Crippen LogP contribution in [0.5, 0.6) is 0 Å². The van der Waals surface area contributed by atoms with Gasteiger partial charge in [0, 0.05) is 24.9 Å². The minimum absolute atomic E-state index is 0.125. The van der Waals surface area contributed by atoms with Crippen molar-refractivity contribution in [2.45, 2.75) is 33.2 Å². The Morgan fingerprint density at radius 1 is 1.03 bits per heavy atom. The van der Waals surface area contributed by atoms with Crippen molar-refractivity contribution >= 4 is 17.7 Å². The molecule has 182 valence electrons. The van der Waals surface area contributed by atoms with Crippen molar-refractivity contribution in [3.8, 4) is 11.8 Å². The van der Waals surface area contributed by atoms with Gasteiger partial charge in [0.2, 0.25) is 0 Å². The standard InChI is InChI=1S/C28H27N5O3/c1-20-21(2)32(17-22-9-5-3-6-10-22)28(25(20)15-29)31-26(34)19-36-27(35)14-13-23-16-30-33(18-23)24-11-7-4-8-12-24/h3-12,16,18H,13-14,17,19H2,1-2H3,(H,31,34). The van der Waals surface area contributed by atoms with Gasteiger partial charge in [0.05, 0.1) is 17.4 Å². The second-order valence-electron chi connectivity index (χ2n) is 8.46. The van der Waals surface area contributed by atoms with Crippen LogP contribution in [0.1, 0.15) is 34.4 Å². The van der Waals surface area contributed by atoms with E-state index in [1.165, 1.54) is 0 Å². The lowest BCUT2D eigenvalue weighted by atomic mass is 10.2. The van der Waals surface area contributed by atoms with Gasteiger partial charge in [-0.05, 0) is 49.1 Å². The highest BCUT2D eigenvalue weighted by Crippen LogP contribution is 2.27. The molecule has 8 nitrogen and oxygen atoms in total. The van der Waals surface area contributed by atoms with Crippen molar-refractivity contribution in [1.82, 2.24) is 14.3 Å². The first-order valence-electron chi connectivity index (χ1n) is 11.6. The molecule has 2 aromatic carbocycles. The Hall–Kier alpha value is -4.64. The van der Waals surface area contributed by atoms with Crippen LogP contribution in [0, 0.1) is 25.2 Å². The SMILES string of the molecule is Cc1c(C#N)c(NC(=O)COC(=O)CCc2cnn(-c3ccccc3)c2)n(Cc2ccccc2)c1C. The highest BCUT2D eigenvalue weighted by molar-refractivity contribution is 5.93. The number of aromatic nitrogens is 3. The van der Waals surface area contributed by atoms with E-state index in [0.29, 0.717) is 24.3 Å². The van der Waals surface area contributed by atoms with Gasteiger partial charge < -0.3 is 14.6 Å². The summed E-state index contributed by atoms with van der Waals surface area (Å²) in [6.45, 7) is 3.84. The van der Waals surface area contributed by atoms with E-state index in [1.807, 2.05) is 85.3 Å². The molecule has 0 unspecified atom stereocenters. The smallest absolute Gasteiger partial charge is 0.306 e. The number of para-hydroxylation sites is 1. The van der Waals surface area contributed by atoms with E-state index in [4.69, 9.17) is 4.74 Å². The minimum atomic E-state index is -0.497. The third-order valence-electron chi connectivity index (χ3n) is 6.02. The largest absolute Gasteiger partial charge is 0.456 e. The number of nitrogens with zero attached hydrogens (tertiary/aromatic N) is 4. The molecule has 1 N–H and O–H groups in total. The zero-order chi connectivity index (χ0) is 25.5. The number of aryl methyl sites for hydroxylation is 1. The molecule has 4 aromatic rings. The number of ether oxygens (including phenoxy) is 1. The number of carbonyl (C=O) groups excluding carboxylic acids is 2. The van der Waals surface area contributed by atoms with Crippen LogP contribution in [0.3, 0.4) is 0 Å². The lowest BCUT2D eigenvalue weighted by molar-refractivity contribution is -0.147. The first kappa shape index (κ1) is 24.5. The van der Waals surface area contributed by atoms with Gasteiger partial charge >= 0.3 is 5.97 Å². The number of rotatable bonds is 9. The summed E-state index contributed by atoms with van der Waals surface area (Å²) in [4.78, 5) is 24.9. The van der Waals surface area contributed by atoms with E-state index in [2.05, 4.69) is 16.5 Å². The third-order valence-corrected chi connectivity index (χ3v) is 6.02. The molecule has 0 fully saturated rings. The summed E-state index contributed by atoms with van der Waals surface area (Å²) in [6, 6.07) is 21.7. The van der Waals surface area contributed by atoms with Gasteiger partial charge in [0.1, 0.15) is 11.9 Å². The molecule has 2 aromatic heterocycles. The third kappa shape index (κ3) is 5.70. The molecular formula is C28H27N5O3. The second kappa shape index (κ2) is 11.2. The fourth-order valence-corrected chi connectivity index (χ4v) is 3.94. The van der Waals surface area contributed by atoms with E-state index < -0.39 is 18.5 Å². The van der Waals surface area contributed by atoms with Crippen molar-refractivity contribution in [3.63, 3.8) is 0 Å². The van der Waals surface area contributed by atoms with Crippen LogP contribution < -0.4 is 5.32 Å². The quantitative estimate of drug-likeness (QED) is 0.359. The van der Waals surface area contributed by atoms with Crippen LogP contribution in [0.2, 0.25) is 0 Å². The number of nitrogens with one attached hydrogen (secondary N) is 1. The van der Waals surface area contributed by atoms with Crippen LogP contribution in [-0.4, -0.2) is 32.8 Å². The molecule has 36 heavy (non-hydrogen) atoms. The predicted octanol–water partition coefficient (Wildman–Crippen LogP) is 4.33. The maximum atomic E-state index is 12.6. The van der Waals surface area contributed by atoms with Crippen LogP contribution >= 0.6 is 0 Å². The van der Waals surface area contributed by atoms with Crippen molar-refractivity contribution in [2.24, 2.45) is 0 Å². The van der Waals surface area contributed by atoms with Gasteiger partial charge in [-0.1, -0.05) is 48.5 Å². The lowest BCUT2D eigenvalue weighted by Gasteiger charge is -2.13. The molecule has 0 saturated carbocycles. The van der Waals surface area contributed by atoms with Crippen LogP contribution in [0.4, 0.5) is 5.82 Å². The number of nitriles is 1. The number of hydrogen-bond donors (Lipinski definition) is 1. The maximum absolute atomic E-state index is 12.6. The van der Waals surface area contributed by atoms with Gasteiger partial charge in [-0.15, -0.1) is 0 Å². The number of hydrogen-bond acceptors (Lipinski definition) is 5. The number of anilines is 1. The van der Waals surface area contributed by atoms with Gasteiger partial charge in [0.25, 0.3) is 5.91 Å². The molecule has 0 atom stereocenters. The Balaban J connectivity index is 1.33. The van der Waals surface area contributed by atoms with E-state index in [0.717, 1.165) is 28.1 Å². The van der Waals surface area contributed by atoms with E-state index >= 15 is 0 Å². The highest BCUT2D eigenvalue weighted by Gasteiger charge is 2.20. The van der Waals surface area contributed by atoms with Gasteiger partial charge in [-0.25, -0.2) is 4.68 Å². The second-order valence-corrected chi connectivity index (χ2v) is 8.46. The van der Waals surface area contributed by atoms with E-state index in [1.54, 1.807) is 10.9 Å². The molecule has 0 aliphatic heterocycles. The molecule has 0 spiro atoms. The van der Waals surface area contributed by atoms with Crippen molar-refractivity contribution < 1.29 is 14.3 Å². The van der Waals surface area contributed by atoms with Crippen molar-refractivity contribution in [3.05, 3.63) is 101 Å². The number of esters is 1. The summed E-state index contributed by atoms with van der Waals surface area (Å²) < 4.78 is 8.83. The highest BCUT2D eigenvalue weighted by atomic mass is 16.5. The Kier molecular flexibility index (Phi) is 7.61. The summed E-state index contributed by atoms with van der Waals surface area (Å²) in [6.07, 6.45) is 4.15. The number of benzene rings is 2. The summed E-state index contributed by atoms with van der Waals surface area (Å²) in [7, 11) is 0. The molecule has 0 bridgehead atoms. The Labute approximate surface area is 209 Å². The van der Waals surface area contributed by atoms with E-state index in [9.17, 15) is 14.9 Å². The molecule has 1 amide bonds. The number of carbonyl (C=O) groups is 2. The zero-order valence-electron chi connectivity index (χ0n) is 20.3. The predicted molar refractivity (Wildman–Crippen MR) is 136 cm³/mol. The van der Waals surface area contributed by atoms with Gasteiger partial charge in [0.15, 0.2) is 6.61 Å². The summed E-state index contributed by atoms with van der Waals surface area (Å²) in [5.74, 6) is -0.570. The molecular weight excluding hydrogens is 454 g/mol. The summed E-state index contributed by atoms with van der Waals surface area (Å²) in [5.41, 5.74) is 4.96. The molecule has 4 rings (SSSR count). The van der Waals surface area contributed by atoms with Crippen molar-refractivity contribution in [1.29, 1.82) is 5.26 Å². The monoisotopic (exact) mass is 481 g/mol. The van der Waals surface area contributed by atoms with E-state index in [-0.39, 0.29) is 6.42 Å². The maximum Gasteiger partial charge on any atom is 0.306 e. The van der Waals surface area contributed by atoms with Crippen molar-refractivity contribution in [2.75, 3.05) is 11.9 Å². The van der Waals surface area contributed by atoms with Gasteiger partial charge in [-0.2, -0.15) is 10.4 Å². The average molecular weight is 482 g/mol. The fraction of sp³-hybridized carbons (Fsp3) is 0.214.